The van der Waals surface area contributed by atoms with Crippen molar-refractivity contribution in [2.24, 2.45) is 0 Å². The number of nitrogens with one attached hydrogen (secondary N) is 2. The molecule has 1 amide bonds. The number of hydrogen-bond acceptors (Lipinski definition) is 8. The molecule has 1 aliphatic rings. The van der Waals surface area contributed by atoms with Gasteiger partial charge in [-0.25, -0.2) is 15.0 Å². The summed E-state index contributed by atoms with van der Waals surface area (Å²) in [5.74, 6) is 0.412. The summed E-state index contributed by atoms with van der Waals surface area (Å²) >= 11 is 1.44. The average molecular weight is 532 g/mol. The highest BCUT2D eigenvalue weighted by molar-refractivity contribution is 7.13. The van der Waals surface area contributed by atoms with Crippen LogP contribution < -0.4 is 10.6 Å². The number of benzene rings is 1. The van der Waals surface area contributed by atoms with Gasteiger partial charge >= 0.3 is 0 Å². The molecule has 4 aromatic rings. The van der Waals surface area contributed by atoms with Crippen LogP contribution in [0.4, 0.5) is 11.6 Å². The van der Waals surface area contributed by atoms with E-state index in [1.54, 1.807) is 18.6 Å². The van der Waals surface area contributed by atoms with Crippen LogP contribution in [-0.2, 0) is 16.7 Å². The number of nitrogens with zero attached hydrogens (tertiary/aromatic N) is 5. The van der Waals surface area contributed by atoms with Crippen molar-refractivity contribution >= 4 is 28.9 Å². The smallest absolute Gasteiger partial charge is 0.263 e. The normalized spacial score (nSPS) is 14.4. The SMILES string of the molecule is Cc1cc(-c2ccnc(Nc3cnn(C4CCOCC4)c3)n2)ccc1CNC(=O)c1cnc(C(C)(C)C)s1. The van der Waals surface area contributed by atoms with Crippen molar-refractivity contribution in [3.63, 3.8) is 0 Å². The molecule has 0 atom stereocenters. The highest BCUT2D eigenvalue weighted by Crippen LogP contribution is 2.27. The molecule has 0 spiro atoms. The summed E-state index contributed by atoms with van der Waals surface area (Å²) in [6.07, 6.45) is 9.14. The maximum atomic E-state index is 12.7. The predicted molar refractivity (Wildman–Crippen MR) is 149 cm³/mol. The number of anilines is 2. The van der Waals surface area contributed by atoms with Gasteiger partial charge in [-0.1, -0.05) is 32.9 Å². The van der Waals surface area contributed by atoms with Crippen LogP contribution in [0.5, 0.6) is 0 Å². The van der Waals surface area contributed by atoms with Crippen LogP contribution in [0.25, 0.3) is 11.3 Å². The third-order valence-electron chi connectivity index (χ3n) is 6.53. The molecule has 1 saturated heterocycles. The van der Waals surface area contributed by atoms with E-state index in [-0.39, 0.29) is 11.3 Å². The van der Waals surface area contributed by atoms with E-state index in [4.69, 9.17) is 9.72 Å². The Morgan fingerprint density at radius 3 is 2.71 bits per heavy atom. The summed E-state index contributed by atoms with van der Waals surface area (Å²) in [5, 5.41) is 11.8. The minimum atomic E-state index is -0.104. The highest BCUT2D eigenvalue weighted by atomic mass is 32.1. The maximum absolute atomic E-state index is 12.7. The summed E-state index contributed by atoms with van der Waals surface area (Å²) in [7, 11) is 0. The van der Waals surface area contributed by atoms with Gasteiger partial charge in [0.1, 0.15) is 4.88 Å². The van der Waals surface area contributed by atoms with Crippen molar-refractivity contribution in [3.8, 4) is 11.3 Å². The zero-order chi connectivity index (χ0) is 26.7. The molecule has 4 heterocycles. The third-order valence-corrected chi connectivity index (χ3v) is 7.95. The van der Waals surface area contributed by atoms with Crippen molar-refractivity contribution in [1.82, 2.24) is 30.0 Å². The third kappa shape index (κ3) is 6.08. The molecule has 198 valence electrons. The number of aromatic nitrogens is 5. The first kappa shape index (κ1) is 26.0. The van der Waals surface area contributed by atoms with Gasteiger partial charge in [-0.2, -0.15) is 5.10 Å². The molecule has 0 unspecified atom stereocenters. The molecule has 0 bridgehead atoms. The average Bonchev–Trinajstić information content (AvgIpc) is 3.59. The molecule has 3 aromatic heterocycles. The second-order valence-electron chi connectivity index (χ2n) is 10.5. The number of thiazole rings is 1. The van der Waals surface area contributed by atoms with E-state index in [1.807, 2.05) is 36.0 Å². The summed E-state index contributed by atoms with van der Waals surface area (Å²) in [6, 6.07) is 8.39. The molecule has 1 fully saturated rings. The van der Waals surface area contributed by atoms with E-state index >= 15 is 0 Å². The van der Waals surface area contributed by atoms with E-state index in [2.05, 4.69) is 52.5 Å². The topological polar surface area (TPSA) is 107 Å². The molecule has 1 aromatic carbocycles. The lowest BCUT2D eigenvalue weighted by molar-refractivity contribution is 0.0662. The van der Waals surface area contributed by atoms with Crippen molar-refractivity contribution in [1.29, 1.82) is 0 Å². The molecule has 9 nitrogen and oxygen atoms in total. The first-order valence-electron chi connectivity index (χ1n) is 12.8. The molecule has 2 N–H and O–H groups in total. The Morgan fingerprint density at radius 1 is 1.16 bits per heavy atom. The fraction of sp³-hybridized carbons (Fsp3) is 0.393. The van der Waals surface area contributed by atoms with Crippen LogP contribution in [-0.4, -0.2) is 43.9 Å². The van der Waals surface area contributed by atoms with Crippen LogP contribution in [0.1, 0.15) is 65.5 Å². The largest absolute Gasteiger partial charge is 0.381 e. The second-order valence-corrected chi connectivity index (χ2v) is 11.6. The molecular weight excluding hydrogens is 498 g/mol. The first-order chi connectivity index (χ1) is 18.3. The number of carbonyl (C=O) groups excluding carboxylic acids is 1. The lowest BCUT2D eigenvalue weighted by Gasteiger charge is -2.22. The molecule has 10 heteroatoms. The van der Waals surface area contributed by atoms with Gasteiger partial charge in [0.2, 0.25) is 5.95 Å². The van der Waals surface area contributed by atoms with Gasteiger partial charge in [0.25, 0.3) is 5.91 Å². The molecular formula is C28H33N7O2S. The monoisotopic (exact) mass is 531 g/mol. The van der Waals surface area contributed by atoms with E-state index in [1.165, 1.54) is 11.3 Å². The molecule has 38 heavy (non-hydrogen) atoms. The summed E-state index contributed by atoms with van der Waals surface area (Å²) in [6.45, 7) is 10.3. The predicted octanol–water partition coefficient (Wildman–Crippen LogP) is 5.43. The summed E-state index contributed by atoms with van der Waals surface area (Å²) < 4.78 is 7.44. The quantitative estimate of drug-likeness (QED) is 0.328. The molecule has 0 saturated carbocycles. The minimum absolute atomic E-state index is 0.0707. The van der Waals surface area contributed by atoms with Gasteiger partial charge in [-0.05, 0) is 43.0 Å². The van der Waals surface area contributed by atoms with E-state index < -0.39 is 0 Å². The Morgan fingerprint density at radius 2 is 1.97 bits per heavy atom. The van der Waals surface area contributed by atoms with Gasteiger partial charge in [0, 0.05) is 43.1 Å². The second kappa shape index (κ2) is 11.0. The van der Waals surface area contributed by atoms with Crippen LogP contribution >= 0.6 is 11.3 Å². The maximum Gasteiger partial charge on any atom is 0.263 e. The fourth-order valence-corrected chi connectivity index (χ4v) is 5.19. The standard InChI is InChI=1S/C28H33N7O2S/c1-18-13-19(5-6-20(18)14-30-25(36)24-16-31-26(38-24)28(2,3)4)23-7-10-29-27(34-23)33-21-15-32-35(17-21)22-8-11-37-12-9-22/h5-7,10,13,15-17,22H,8-9,11-12,14H2,1-4H3,(H,30,36)(H,29,33,34). The van der Waals surface area contributed by atoms with Crippen LogP contribution in [0.2, 0.25) is 0 Å². The Hall–Kier alpha value is -3.63. The number of ether oxygens (including phenoxy) is 1. The highest BCUT2D eigenvalue weighted by Gasteiger charge is 2.20. The van der Waals surface area contributed by atoms with Gasteiger partial charge in [0.15, 0.2) is 0 Å². The van der Waals surface area contributed by atoms with E-state index in [0.717, 1.165) is 59.1 Å². The molecule has 0 radical (unpaired) electrons. The van der Waals surface area contributed by atoms with E-state index in [9.17, 15) is 4.79 Å². The van der Waals surface area contributed by atoms with Crippen LogP contribution in [0, 0.1) is 6.92 Å². The summed E-state index contributed by atoms with van der Waals surface area (Å²) in [4.78, 5) is 26.8. The Labute approximate surface area is 226 Å². The molecule has 1 aliphatic heterocycles. The summed E-state index contributed by atoms with van der Waals surface area (Å²) in [5.41, 5.74) is 4.71. The van der Waals surface area contributed by atoms with Gasteiger partial charge in [-0.3, -0.25) is 9.48 Å². The number of rotatable bonds is 7. The lowest BCUT2D eigenvalue weighted by Crippen LogP contribution is -2.22. The number of hydrogen-bond donors (Lipinski definition) is 2. The zero-order valence-corrected chi connectivity index (χ0v) is 23.0. The van der Waals surface area contributed by atoms with Crippen molar-refractivity contribution < 1.29 is 9.53 Å². The number of amides is 1. The van der Waals surface area contributed by atoms with E-state index in [0.29, 0.717) is 23.4 Å². The molecule has 0 aliphatic carbocycles. The van der Waals surface area contributed by atoms with Crippen molar-refractivity contribution in [2.75, 3.05) is 18.5 Å². The molecule has 5 rings (SSSR count). The number of aryl methyl sites for hydroxylation is 1. The van der Waals surface area contributed by atoms with Crippen LogP contribution in [0.15, 0.2) is 49.1 Å². The Balaban J connectivity index is 1.22. The zero-order valence-electron chi connectivity index (χ0n) is 22.2. The van der Waals surface area contributed by atoms with Crippen molar-refractivity contribution in [2.45, 2.75) is 58.5 Å². The van der Waals surface area contributed by atoms with Crippen molar-refractivity contribution in [3.05, 3.63) is 70.1 Å². The van der Waals surface area contributed by atoms with Gasteiger partial charge in [0.05, 0.1) is 34.8 Å². The van der Waals surface area contributed by atoms with Gasteiger partial charge in [-0.15, -0.1) is 11.3 Å². The lowest BCUT2D eigenvalue weighted by atomic mass is 9.98. The number of carbonyl (C=O) groups is 1. The van der Waals surface area contributed by atoms with Gasteiger partial charge < -0.3 is 15.4 Å². The first-order valence-corrected chi connectivity index (χ1v) is 13.6. The fourth-order valence-electron chi connectivity index (χ4n) is 4.30. The Bertz CT molecular complexity index is 1420. The Kier molecular flexibility index (Phi) is 7.53. The minimum Gasteiger partial charge on any atom is -0.381 e. The van der Waals surface area contributed by atoms with Crippen LogP contribution in [0.3, 0.4) is 0 Å².